The van der Waals surface area contributed by atoms with Crippen LogP contribution in [0.25, 0.3) is 0 Å². The molecule has 0 radical (unpaired) electrons. The Hall–Kier alpha value is -4.40. The minimum atomic E-state index is -1.44. The number of piperidine rings is 1. The second-order valence-electron chi connectivity index (χ2n) is 12.6. The third-order valence-electron chi connectivity index (χ3n) is 8.77. The number of hydrogen-bond acceptors (Lipinski definition) is 8. The lowest BCUT2D eigenvalue weighted by atomic mass is 9.88. The van der Waals surface area contributed by atoms with Crippen molar-refractivity contribution in [3.8, 4) is 0 Å². The number of nitrogens with zero attached hydrogens (tertiary/aromatic N) is 1. The Morgan fingerprint density at radius 3 is 1.82 bits per heavy atom. The molecule has 0 aliphatic carbocycles. The van der Waals surface area contributed by atoms with Crippen LogP contribution >= 0.6 is 0 Å². The van der Waals surface area contributed by atoms with Gasteiger partial charge in [-0.2, -0.15) is 0 Å². The van der Waals surface area contributed by atoms with E-state index in [1.807, 2.05) is 36.4 Å². The van der Waals surface area contributed by atoms with Crippen LogP contribution in [0.15, 0.2) is 60.7 Å². The zero-order valence-corrected chi connectivity index (χ0v) is 27.8. The predicted molar refractivity (Wildman–Crippen MR) is 183 cm³/mol. The minimum absolute atomic E-state index is 0.0400. The smallest absolute Gasteiger partial charge is 0.323 e. The van der Waals surface area contributed by atoms with E-state index in [-0.39, 0.29) is 58.0 Å². The van der Waals surface area contributed by atoms with Crippen molar-refractivity contribution < 1.29 is 33.5 Å². The van der Waals surface area contributed by atoms with Gasteiger partial charge in [-0.05, 0) is 69.0 Å². The summed E-state index contributed by atoms with van der Waals surface area (Å²) in [5.41, 5.74) is 18.0. The Morgan fingerprint density at radius 1 is 0.755 bits per heavy atom. The molecule has 268 valence electrons. The Morgan fingerprint density at radius 2 is 1.27 bits per heavy atom. The summed E-state index contributed by atoms with van der Waals surface area (Å²) in [6, 6.07) is 13.9. The summed E-state index contributed by atoms with van der Waals surface area (Å²) >= 11 is 0. The molecule has 4 atom stereocenters. The summed E-state index contributed by atoms with van der Waals surface area (Å²) in [4.78, 5) is 67.2. The first-order valence-electron chi connectivity index (χ1n) is 16.8. The maximum absolute atomic E-state index is 13.7. The molecule has 0 bridgehead atoms. The largest absolute Gasteiger partial charge is 0.480 e. The molecule has 14 heteroatoms. The van der Waals surface area contributed by atoms with Crippen LogP contribution in [0.4, 0.5) is 4.39 Å². The first-order valence-corrected chi connectivity index (χ1v) is 16.8. The predicted octanol–water partition coefficient (Wildman–Crippen LogP) is 0.537. The van der Waals surface area contributed by atoms with Crippen molar-refractivity contribution in [1.29, 1.82) is 0 Å². The van der Waals surface area contributed by atoms with Crippen LogP contribution in [0.1, 0.15) is 56.1 Å². The van der Waals surface area contributed by atoms with E-state index in [2.05, 4.69) is 16.0 Å². The lowest BCUT2D eigenvalue weighted by molar-refractivity contribution is -0.148. The van der Waals surface area contributed by atoms with Crippen LogP contribution < -0.4 is 33.2 Å². The van der Waals surface area contributed by atoms with Gasteiger partial charge in [-0.25, -0.2) is 0 Å². The van der Waals surface area contributed by atoms with Crippen LogP contribution in [-0.4, -0.2) is 95.6 Å². The topological polar surface area (TPSA) is 223 Å². The third-order valence-corrected chi connectivity index (χ3v) is 8.77. The zero-order chi connectivity index (χ0) is 35.8. The number of hydrogen-bond donors (Lipinski definition) is 7. The number of carbonyl (C=O) groups excluding carboxylic acids is 4. The van der Waals surface area contributed by atoms with Crippen molar-refractivity contribution in [2.45, 2.75) is 87.5 Å². The summed E-state index contributed by atoms with van der Waals surface area (Å²) in [6.45, 7) is -0.166. The molecule has 1 aliphatic rings. The van der Waals surface area contributed by atoms with Crippen LogP contribution in [0, 0.1) is 0 Å². The quantitative estimate of drug-likeness (QED) is 0.103. The SMILES string of the molecule is NCCCC[C@@H](NC(=O)C(CCCF)NC(=O)[C@@H](Cc1ccccc1)NC(=O)[C@H](N)Cc1ccccc1)C(=O)N1CCC(N)(C(=O)O)CC1. The van der Waals surface area contributed by atoms with Crippen molar-refractivity contribution in [3.63, 3.8) is 0 Å². The highest BCUT2D eigenvalue weighted by molar-refractivity contribution is 5.95. The van der Waals surface area contributed by atoms with E-state index >= 15 is 0 Å². The molecule has 4 amide bonds. The van der Waals surface area contributed by atoms with E-state index in [9.17, 15) is 33.5 Å². The number of carboxylic acid groups (broad SMARTS) is 1. The first-order chi connectivity index (χ1) is 23.5. The molecule has 1 fully saturated rings. The Kier molecular flexibility index (Phi) is 15.6. The van der Waals surface area contributed by atoms with Crippen LogP contribution in [0.5, 0.6) is 0 Å². The summed E-state index contributed by atoms with van der Waals surface area (Å²) in [5, 5.41) is 17.6. The van der Waals surface area contributed by atoms with E-state index in [4.69, 9.17) is 17.2 Å². The molecule has 0 saturated carbocycles. The van der Waals surface area contributed by atoms with E-state index in [1.165, 1.54) is 4.90 Å². The summed E-state index contributed by atoms with van der Waals surface area (Å²) < 4.78 is 13.4. The Bertz CT molecular complexity index is 1380. The molecule has 49 heavy (non-hydrogen) atoms. The van der Waals surface area contributed by atoms with Crippen LogP contribution in [0.2, 0.25) is 0 Å². The first kappa shape index (κ1) is 39.0. The van der Waals surface area contributed by atoms with Gasteiger partial charge in [-0.15, -0.1) is 0 Å². The van der Waals surface area contributed by atoms with Gasteiger partial charge in [0.25, 0.3) is 0 Å². The second kappa shape index (κ2) is 19.6. The number of aliphatic carboxylic acids is 1. The Labute approximate surface area is 286 Å². The number of alkyl halides is 1. The van der Waals surface area contributed by atoms with Gasteiger partial charge in [0.2, 0.25) is 23.6 Å². The molecule has 3 rings (SSSR count). The molecule has 0 spiro atoms. The van der Waals surface area contributed by atoms with Gasteiger partial charge in [-0.1, -0.05) is 60.7 Å². The molecule has 0 aromatic heterocycles. The van der Waals surface area contributed by atoms with Crippen molar-refractivity contribution >= 4 is 29.6 Å². The zero-order valence-electron chi connectivity index (χ0n) is 27.8. The number of carboxylic acids is 1. The van der Waals surface area contributed by atoms with E-state index in [1.54, 1.807) is 24.3 Å². The van der Waals surface area contributed by atoms with E-state index in [0.29, 0.717) is 19.4 Å². The molecule has 1 aliphatic heterocycles. The molecule has 1 heterocycles. The maximum atomic E-state index is 13.7. The number of amides is 4. The molecule has 13 nitrogen and oxygen atoms in total. The lowest BCUT2D eigenvalue weighted by Crippen LogP contribution is -2.60. The van der Waals surface area contributed by atoms with Gasteiger partial charge in [0.05, 0.1) is 12.7 Å². The summed E-state index contributed by atoms with van der Waals surface area (Å²) in [5.74, 6) is -3.46. The number of halogens is 1. The number of unbranched alkanes of at least 4 members (excludes halogenated alkanes) is 1. The number of likely N-dealkylation sites (tertiary alicyclic amines) is 1. The average Bonchev–Trinajstić information content (AvgIpc) is 3.10. The van der Waals surface area contributed by atoms with E-state index < -0.39 is 66.0 Å². The monoisotopic (exact) mass is 683 g/mol. The van der Waals surface area contributed by atoms with Gasteiger partial charge in [0, 0.05) is 19.5 Å². The number of carbonyl (C=O) groups is 5. The molecule has 2 aromatic rings. The number of nitrogens with one attached hydrogen (secondary N) is 3. The van der Waals surface area contributed by atoms with E-state index in [0.717, 1.165) is 11.1 Å². The molecule has 2 aromatic carbocycles. The normalized spacial score (nSPS) is 16.4. The minimum Gasteiger partial charge on any atom is -0.480 e. The summed E-state index contributed by atoms with van der Waals surface area (Å²) in [7, 11) is 0. The standard InChI is InChI=1S/C35H50FN7O6/c36-18-9-15-27(31(45)41-28(14-7-8-19-37)33(47)43-20-16-35(39,17-21-43)34(48)49)40-32(46)29(23-25-12-5-2-6-13-25)42-30(44)26(38)22-24-10-3-1-4-11-24/h1-6,10-13,26-29H,7-9,14-23,37-39H2,(H,40,46)(H,41,45)(H,42,44)(H,48,49)/t26-,27?,28-,29-/m1/s1. The second-order valence-corrected chi connectivity index (χ2v) is 12.6. The van der Waals surface area contributed by atoms with Crippen LogP contribution in [-0.2, 0) is 36.8 Å². The summed E-state index contributed by atoms with van der Waals surface area (Å²) in [6.07, 6.45) is 1.71. The lowest BCUT2D eigenvalue weighted by Gasteiger charge is -2.38. The number of benzene rings is 2. The molecule has 1 unspecified atom stereocenters. The highest BCUT2D eigenvalue weighted by Gasteiger charge is 2.40. The maximum Gasteiger partial charge on any atom is 0.323 e. The van der Waals surface area contributed by atoms with Gasteiger partial charge in [0.1, 0.15) is 23.7 Å². The van der Waals surface area contributed by atoms with Gasteiger partial charge in [0.15, 0.2) is 0 Å². The fourth-order valence-corrected chi connectivity index (χ4v) is 5.70. The van der Waals surface area contributed by atoms with Crippen molar-refractivity contribution in [1.82, 2.24) is 20.9 Å². The van der Waals surface area contributed by atoms with Gasteiger partial charge in [-0.3, -0.25) is 28.4 Å². The van der Waals surface area contributed by atoms with Gasteiger partial charge >= 0.3 is 5.97 Å². The third kappa shape index (κ3) is 12.2. The molecule has 1 saturated heterocycles. The van der Waals surface area contributed by atoms with Crippen molar-refractivity contribution in [2.24, 2.45) is 17.2 Å². The van der Waals surface area contributed by atoms with Gasteiger partial charge < -0.3 is 43.2 Å². The highest BCUT2D eigenvalue weighted by Crippen LogP contribution is 2.21. The number of nitrogens with two attached hydrogens (primary N) is 3. The fraction of sp³-hybridized carbons (Fsp3) is 0.514. The number of rotatable bonds is 19. The van der Waals surface area contributed by atoms with Crippen molar-refractivity contribution in [3.05, 3.63) is 71.8 Å². The highest BCUT2D eigenvalue weighted by atomic mass is 19.1. The molecular weight excluding hydrogens is 633 g/mol. The average molecular weight is 684 g/mol. The van der Waals surface area contributed by atoms with Crippen molar-refractivity contribution in [2.75, 3.05) is 26.3 Å². The fourth-order valence-electron chi connectivity index (χ4n) is 5.70. The van der Waals surface area contributed by atoms with Crippen LogP contribution in [0.3, 0.4) is 0 Å². The Balaban J connectivity index is 1.76. The molecule has 10 N–H and O–H groups in total. The molecular formula is C35H50FN7O6.